The van der Waals surface area contributed by atoms with Gasteiger partial charge in [0, 0.05) is 79.2 Å². The van der Waals surface area contributed by atoms with Crippen LogP contribution in [-0.2, 0) is 19.1 Å². The first kappa shape index (κ1) is 32.4. The number of hydrogen-bond donors (Lipinski definition) is 1. The Labute approximate surface area is 275 Å². The molecule has 6 rings (SSSR count). The van der Waals surface area contributed by atoms with Gasteiger partial charge in [-0.25, -0.2) is 19.0 Å². The van der Waals surface area contributed by atoms with Crippen molar-refractivity contribution in [2.24, 2.45) is 4.99 Å². The Morgan fingerprint density at radius 3 is 2.61 bits per heavy atom. The SMILES string of the molecule is COC(=O)C1=C(CN2CCN3C(=O)N([C@H]4C[C@@H](C(=O)OC)N(C(C)C)C4)C[C@@H]3C2)NC(c2nccs2)=NC1c1ccc(F)cc1Cl. The highest BCUT2D eigenvalue weighted by molar-refractivity contribution is 7.11. The summed E-state index contributed by atoms with van der Waals surface area (Å²) in [6, 6.07) is 2.75. The minimum Gasteiger partial charge on any atom is -0.468 e. The molecule has 2 aromatic rings. The van der Waals surface area contributed by atoms with Gasteiger partial charge in [0.15, 0.2) is 10.8 Å². The van der Waals surface area contributed by atoms with Crippen molar-refractivity contribution in [3.63, 3.8) is 0 Å². The molecule has 3 fully saturated rings. The zero-order valence-corrected chi connectivity index (χ0v) is 27.7. The van der Waals surface area contributed by atoms with Crippen LogP contribution in [0.15, 0.2) is 46.0 Å². The van der Waals surface area contributed by atoms with E-state index in [1.54, 1.807) is 6.20 Å². The van der Waals surface area contributed by atoms with Gasteiger partial charge in [0.2, 0.25) is 0 Å². The van der Waals surface area contributed by atoms with Crippen molar-refractivity contribution in [1.29, 1.82) is 0 Å². The van der Waals surface area contributed by atoms with Crippen LogP contribution in [0, 0.1) is 5.82 Å². The Morgan fingerprint density at radius 2 is 1.93 bits per heavy atom. The first-order valence-electron chi connectivity index (χ1n) is 15.2. The molecule has 46 heavy (non-hydrogen) atoms. The molecule has 1 aromatic carbocycles. The standard InChI is InChI=1S/C31H37ClFN7O5S/c1-17(2)39-14-19(12-24(39)29(41)44-3)40-15-20-13-37(8-9-38(20)31(40)43)16-23-25(30(42)45-4)26(21-6-5-18(33)11-22(21)32)36-27(35-23)28-34-7-10-46-28/h5-7,10-11,17,19-20,24,26H,8-9,12-16H2,1-4H3,(H,35,36)/t19-,20-,24-,26?/m0/s1. The van der Waals surface area contributed by atoms with Crippen LogP contribution in [0.3, 0.4) is 0 Å². The van der Waals surface area contributed by atoms with E-state index in [2.05, 4.69) is 20.1 Å². The lowest BCUT2D eigenvalue weighted by atomic mass is 9.95. The highest BCUT2D eigenvalue weighted by atomic mass is 35.5. The van der Waals surface area contributed by atoms with Gasteiger partial charge in [-0.15, -0.1) is 11.3 Å². The maximum atomic E-state index is 14.0. The number of halogens is 2. The fourth-order valence-electron chi connectivity index (χ4n) is 6.94. The Hall–Kier alpha value is -3.59. The second kappa shape index (κ2) is 13.3. The molecule has 3 saturated heterocycles. The number of urea groups is 1. The third-order valence-corrected chi connectivity index (χ3v) is 10.3. The summed E-state index contributed by atoms with van der Waals surface area (Å²) < 4.78 is 24.3. The van der Waals surface area contributed by atoms with Gasteiger partial charge in [-0.2, -0.15) is 0 Å². The fourth-order valence-corrected chi connectivity index (χ4v) is 7.80. The van der Waals surface area contributed by atoms with E-state index in [9.17, 15) is 18.8 Å². The number of nitrogens with zero attached hydrogens (tertiary/aromatic N) is 6. The van der Waals surface area contributed by atoms with E-state index in [0.29, 0.717) is 67.8 Å². The number of aliphatic imine (C=N–C) groups is 1. The molecule has 0 spiro atoms. The van der Waals surface area contributed by atoms with Crippen LogP contribution in [0.1, 0.15) is 36.9 Å². The monoisotopic (exact) mass is 673 g/mol. The van der Waals surface area contributed by atoms with Crippen molar-refractivity contribution < 1.29 is 28.2 Å². The number of piperazine rings is 1. The van der Waals surface area contributed by atoms with Crippen LogP contribution in [0.5, 0.6) is 0 Å². The Morgan fingerprint density at radius 1 is 1.13 bits per heavy atom. The number of esters is 2. The lowest BCUT2D eigenvalue weighted by Crippen LogP contribution is -2.53. The van der Waals surface area contributed by atoms with Gasteiger partial charge in [-0.3, -0.25) is 19.6 Å². The summed E-state index contributed by atoms with van der Waals surface area (Å²) in [6.07, 6.45) is 2.20. The maximum Gasteiger partial charge on any atom is 0.338 e. The van der Waals surface area contributed by atoms with E-state index in [-0.39, 0.29) is 46.8 Å². The first-order valence-corrected chi connectivity index (χ1v) is 16.5. The second-order valence-electron chi connectivity index (χ2n) is 12.1. The number of rotatable bonds is 8. The Balaban J connectivity index is 1.24. The quantitative estimate of drug-likeness (QED) is 0.422. The number of nitrogens with one attached hydrogen (secondary N) is 1. The molecule has 1 unspecified atom stereocenters. The maximum absolute atomic E-state index is 14.0. The lowest BCUT2D eigenvalue weighted by molar-refractivity contribution is -0.146. The highest BCUT2D eigenvalue weighted by Gasteiger charge is 2.48. The van der Waals surface area contributed by atoms with Crippen molar-refractivity contribution in [1.82, 2.24) is 29.9 Å². The fraction of sp³-hybridized carbons (Fsp3) is 0.516. The molecule has 5 heterocycles. The Bertz CT molecular complexity index is 1570. The van der Waals surface area contributed by atoms with Crippen LogP contribution in [0.25, 0.3) is 0 Å². The molecule has 0 saturated carbocycles. The van der Waals surface area contributed by atoms with Crippen LogP contribution < -0.4 is 5.32 Å². The largest absolute Gasteiger partial charge is 0.468 e. The van der Waals surface area contributed by atoms with Crippen LogP contribution in [0.2, 0.25) is 5.02 Å². The minimum atomic E-state index is -0.852. The molecule has 4 aliphatic heterocycles. The first-order chi connectivity index (χ1) is 22.1. The molecular formula is C31H37ClFN7O5S. The Kier molecular flexibility index (Phi) is 9.33. The topological polar surface area (TPSA) is 120 Å². The number of thiazole rings is 1. The van der Waals surface area contributed by atoms with Gasteiger partial charge in [0.1, 0.15) is 17.9 Å². The predicted molar refractivity (Wildman–Crippen MR) is 170 cm³/mol. The number of methoxy groups -OCH3 is 2. The third-order valence-electron chi connectivity index (χ3n) is 9.17. The summed E-state index contributed by atoms with van der Waals surface area (Å²) in [5.41, 5.74) is 1.32. The number of aromatic nitrogens is 1. The van der Waals surface area contributed by atoms with E-state index in [0.717, 1.165) is 0 Å². The summed E-state index contributed by atoms with van der Waals surface area (Å²) in [6.45, 7) is 7.25. The van der Waals surface area contributed by atoms with E-state index >= 15 is 0 Å². The van der Waals surface area contributed by atoms with Gasteiger partial charge in [0.05, 0.1) is 25.8 Å². The number of carbonyl (C=O) groups excluding carboxylic acids is 3. The smallest absolute Gasteiger partial charge is 0.338 e. The number of amidine groups is 1. The number of likely N-dealkylation sites (tertiary alicyclic amines) is 1. The number of fused-ring (bicyclic) bond motifs is 1. The average Bonchev–Trinajstić information content (AvgIpc) is 3.80. The van der Waals surface area contributed by atoms with Crippen LogP contribution in [0.4, 0.5) is 9.18 Å². The van der Waals surface area contributed by atoms with Crippen molar-refractivity contribution in [3.8, 4) is 0 Å². The number of carbonyl (C=O) groups is 3. The van der Waals surface area contributed by atoms with Gasteiger partial charge < -0.3 is 24.6 Å². The van der Waals surface area contributed by atoms with Gasteiger partial charge in [-0.05, 0) is 32.4 Å². The third kappa shape index (κ3) is 6.10. The van der Waals surface area contributed by atoms with Crippen molar-refractivity contribution in [2.45, 2.75) is 50.5 Å². The number of hydrogen-bond acceptors (Lipinski definition) is 11. The normalized spacial score (nSPS) is 25.5. The van der Waals surface area contributed by atoms with E-state index in [1.807, 2.05) is 29.0 Å². The molecule has 1 N–H and O–H groups in total. The molecule has 2 amide bonds. The lowest BCUT2D eigenvalue weighted by Gasteiger charge is -2.38. The second-order valence-corrected chi connectivity index (χ2v) is 13.4. The van der Waals surface area contributed by atoms with E-state index in [4.69, 9.17) is 26.1 Å². The minimum absolute atomic E-state index is 0.0154. The molecular weight excluding hydrogens is 637 g/mol. The molecule has 4 aliphatic rings. The molecule has 0 aliphatic carbocycles. The molecule has 1 aromatic heterocycles. The van der Waals surface area contributed by atoms with E-state index < -0.39 is 17.8 Å². The van der Waals surface area contributed by atoms with Crippen molar-refractivity contribution >= 4 is 46.7 Å². The summed E-state index contributed by atoms with van der Waals surface area (Å²) in [7, 11) is 2.70. The van der Waals surface area contributed by atoms with Gasteiger partial charge >= 0.3 is 18.0 Å². The highest BCUT2D eigenvalue weighted by Crippen LogP contribution is 2.37. The van der Waals surface area contributed by atoms with Gasteiger partial charge in [-0.1, -0.05) is 17.7 Å². The van der Waals surface area contributed by atoms with E-state index in [1.165, 1.54) is 43.8 Å². The summed E-state index contributed by atoms with van der Waals surface area (Å²) in [5.74, 6) is -0.877. The molecule has 0 bridgehead atoms. The molecule has 4 atom stereocenters. The summed E-state index contributed by atoms with van der Waals surface area (Å²) in [4.78, 5) is 56.8. The summed E-state index contributed by atoms with van der Waals surface area (Å²) in [5, 5.41) is 5.94. The number of ether oxygens (including phenoxy) is 2. The molecule has 15 heteroatoms. The zero-order chi connectivity index (χ0) is 32.7. The van der Waals surface area contributed by atoms with Crippen molar-refractivity contribution in [3.05, 3.63) is 62.5 Å². The van der Waals surface area contributed by atoms with Gasteiger partial charge in [0.25, 0.3) is 0 Å². The predicted octanol–water partition coefficient (Wildman–Crippen LogP) is 2.90. The van der Waals surface area contributed by atoms with Crippen LogP contribution >= 0.6 is 22.9 Å². The summed E-state index contributed by atoms with van der Waals surface area (Å²) >= 11 is 7.89. The van der Waals surface area contributed by atoms with Crippen molar-refractivity contribution in [2.75, 3.05) is 53.5 Å². The molecule has 246 valence electrons. The average molecular weight is 674 g/mol. The zero-order valence-electron chi connectivity index (χ0n) is 26.1. The molecule has 12 nitrogen and oxygen atoms in total. The number of benzene rings is 1. The molecule has 0 radical (unpaired) electrons. The van der Waals surface area contributed by atoms with Crippen LogP contribution in [-0.4, -0.2) is 126 Å². The number of amides is 2.